The number of aryl methyl sites for hydroxylation is 2. The highest BCUT2D eigenvalue weighted by molar-refractivity contribution is 5.74. The minimum absolute atomic E-state index is 0.0511. The van der Waals surface area contributed by atoms with Gasteiger partial charge in [-0.15, -0.1) is 0 Å². The number of rotatable bonds is 2. The third-order valence-electron chi connectivity index (χ3n) is 5.18. The van der Waals surface area contributed by atoms with Crippen LogP contribution in [0.2, 0.25) is 0 Å². The molecule has 0 spiro atoms. The second-order valence-electron chi connectivity index (χ2n) is 6.89. The van der Waals surface area contributed by atoms with E-state index in [0.717, 1.165) is 62.3 Å². The number of likely N-dealkylation sites (tertiary alicyclic amines) is 1. The molecule has 1 aliphatic heterocycles. The number of aromatic nitrogens is 3. The summed E-state index contributed by atoms with van der Waals surface area (Å²) < 4.78 is 5.37. The molecule has 24 heavy (non-hydrogen) atoms. The average molecular weight is 329 g/mol. The molecule has 128 valence electrons. The van der Waals surface area contributed by atoms with Crippen LogP contribution in [0.25, 0.3) is 0 Å². The Kier molecular flexibility index (Phi) is 4.00. The largest absolute Gasteiger partial charge is 0.361 e. The number of fused-ring (bicyclic) bond motifs is 1. The summed E-state index contributed by atoms with van der Waals surface area (Å²) in [5.74, 6) is 1.32. The van der Waals surface area contributed by atoms with Crippen molar-refractivity contribution in [1.29, 1.82) is 0 Å². The van der Waals surface area contributed by atoms with Crippen LogP contribution in [0, 0.1) is 6.92 Å². The van der Waals surface area contributed by atoms with Crippen LogP contribution in [0.1, 0.15) is 47.9 Å². The Morgan fingerprint density at radius 3 is 2.96 bits per heavy atom. The molecule has 0 aromatic carbocycles. The fraction of sp³-hybridized carbons (Fsp3) is 0.588. The Morgan fingerprint density at radius 1 is 1.38 bits per heavy atom. The molecule has 0 bridgehead atoms. The standard InChI is InChI=1S/C17H23N5O2/c1-11-8-16(24-21-11)12-4-6-22(7-5-12)17(23)19-14-3-2-13-10-18-20-15(13)9-14/h8,10,12,14H,2-7,9H2,1H3,(H,18,20)(H,19,23). The van der Waals surface area contributed by atoms with Gasteiger partial charge in [-0.1, -0.05) is 5.16 Å². The van der Waals surface area contributed by atoms with Gasteiger partial charge in [0.1, 0.15) is 5.76 Å². The van der Waals surface area contributed by atoms with Crippen molar-refractivity contribution in [1.82, 2.24) is 25.6 Å². The zero-order valence-corrected chi connectivity index (χ0v) is 13.9. The van der Waals surface area contributed by atoms with E-state index < -0.39 is 0 Å². The van der Waals surface area contributed by atoms with E-state index in [1.54, 1.807) is 0 Å². The van der Waals surface area contributed by atoms with Gasteiger partial charge in [-0.3, -0.25) is 5.10 Å². The number of carbonyl (C=O) groups excluding carboxylic acids is 1. The Labute approximate surface area is 140 Å². The lowest BCUT2D eigenvalue weighted by Crippen LogP contribution is -2.49. The lowest BCUT2D eigenvalue weighted by Gasteiger charge is -2.33. The maximum Gasteiger partial charge on any atom is 0.317 e. The first kappa shape index (κ1) is 15.2. The zero-order valence-electron chi connectivity index (χ0n) is 13.9. The van der Waals surface area contributed by atoms with Crippen LogP contribution in [0.4, 0.5) is 4.79 Å². The molecule has 2 N–H and O–H groups in total. The van der Waals surface area contributed by atoms with Crippen molar-refractivity contribution in [2.24, 2.45) is 0 Å². The molecule has 2 aliphatic rings. The summed E-state index contributed by atoms with van der Waals surface area (Å²) >= 11 is 0. The number of urea groups is 1. The highest BCUT2D eigenvalue weighted by Crippen LogP contribution is 2.28. The smallest absolute Gasteiger partial charge is 0.317 e. The number of carbonyl (C=O) groups is 1. The summed E-state index contributed by atoms with van der Waals surface area (Å²) in [5, 5.41) is 14.3. The monoisotopic (exact) mass is 329 g/mol. The van der Waals surface area contributed by atoms with Crippen molar-refractivity contribution in [3.63, 3.8) is 0 Å². The number of nitrogens with one attached hydrogen (secondary N) is 2. The van der Waals surface area contributed by atoms with Gasteiger partial charge in [0.05, 0.1) is 11.9 Å². The van der Waals surface area contributed by atoms with E-state index in [-0.39, 0.29) is 12.1 Å². The molecule has 2 aromatic rings. The topological polar surface area (TPSA) is 87.0 Å². The first-order valence-electron chi connectivity index (χ1n) is 8.69. The molecule has 7 nitrogen and oxygen atoms in total. The highest BCUT2D eigenvalue weighted by atomic mass is 16.5. The van der Waals surface area contributed by atoms with Gasteiger partial charge in [-0.05, 0) is 38.2 Å². The Balaban J connectivity index is 1.29. The third-order valence-corrected chi connectivity index (χ3v) is 5.18. The van der Waals surface area contributed by atoms with Gasteiger partial charge >= 0.3 is 6.03 Å². The number of H-pyrrole nitrogens is 1. The average Bonchev–Trinajstić information content (AvgIpc) is 3.23. The number of nitrogens with zero attached hydrogens (tertiary/aromatic N) is 3. The molecule has 4 rings (SSSR count). The molecule has 2 amide bonds. The number of hydrogen-bond acceptors (Lipinski definition) is 4. The van der Waals surface area contributed by atoms with Gasteiger partial charge in [0, 0.05) is 43.2 Å². The molecule has 1 atom stereocenters. The molecule has 1 unspecified atom stereocenters. The van der Waals surface area contributed by atoms with E-state index >= 15 is 0 Å². The number of hydrogen-bond donors (Lipinski definition) is 2. The van der Waals surface area contributed by atoms with Crippen molar-refractivity contribution < 1.29 is 9.32 Å². The molecule has 0 radical (unpaired) electrons. The molecule has 1 aliphatic carbocycles. The zero-order chi connectivity index (χ0) is 16.5. The Morgan fingerprint density at radius 2 is 2.21 bits per heavy atom. The van der Waals surface area contributed by atoms with E-state index in [1.807, 2.05) is 24.1 Å². The molecule has 7 heteroatoms. The van der Waals surface area contributed by atoms with E-state index in [0.29, 0.717) is 5.92 Å². The van der Waals surface area contributed by atoms with Crippen molar-refractivity contribution in [2.45, 2.75) is 51.0 Å². The van der Waals surface area contributed by atoms with Crippen LogP contribution in [-0.4, -0.2) is 45.4 Å². The Bertz CT molecular complexity index is 714. The second kappa shape index (κ2) is 6.30. The fourth-order valence-electron chi connectivity index (χ4n) is 3.74. The molecular weight excluding hydrogens is 306 g/mol. The van der Waals surface area contributed by atoms with Gasteiger partial charge < -0.3 is 14.7 Å². The van der Waals surface area contributed by atoms with Crippen LogP contribution >= 0.6 is 0 Å². The van der Waals surface area contributed by atoms with Gasteiger partial charge in [-0.25, -0.2) is 4.79 Å². The van der Waals surface area contributed by atoms with Gasteiger partial charge in [0.25, 0.3) is 0 Å². The quantitative estimate of drug-likeness (QED) is 0.884. The van der Waals surface area contributed by atoms with Gasteiger partial charge in [0.15, 0.2) is 0 Å². The summed E-state index contributed by atoms with van der Waals surface area (Å²) in [6.45, 7) is 3.46. The maximum atomic E-state index is 12.5. The van der Waals surface area contributed by atoms with Crippen molar-refractivity contribution in [3.8, 4) is 0 Å². The van der Waals surface area contributed by atoms with E-state index in [1.165, 1.54) is 5.56 Å². The molecule has 1 saturated heterocycles. The van der Waals surface area contributed by atoms with Gasteiger partial charge in [-0.2, -0.15) is 5.10 Å². The maximum absolute atomic E-state index is 12.5. The first-order valence-corrected chi connectivity index (χ1v) is 8.69. The number of piperidine rings is 1. The predicted octanol–water partition coefficient (Wildman–Crippen LogP) is 2.15. The Hall–Kier alpha value is -2.31. The summed E-state index contributed by atoms with van der Waals surface area (Å²) in [4.78, 5) is 14.4. The van der Waals surface area contributed by atoms with Crippen LogP contribution in [0.3, 0.4) is 0 Å². The third kappa shape index (κ3) is 3.02. The summed E-state index contributed by atoms with van der Waals surface area (Å²) in [6, 6.07) is 2.25. The van der Waals surface area contributed by atoms with Crippen LogP contribution in [-0.2, 0) is 12.8 Å². The van der Waals surface area contributed by atoms with Crippen molar-refractivity contribution >= 4 is 6.03 Å². The highest BCUT2D eigenvalue weighted by Gasteiger charge is 2.28. The second-order valence-corrected chi connectivity index (χ2v) is 6.89. The lowest BCUT2D eigenvalue weighted by molar-refractivity contribution is 0.171. The predicted molar refractivity (Wildman–Crippen MR) is 87.7 cm³/mol. The minimum atomic E-state index is 0.0511. The summed E-state index contributed by atoms with van der Waals surface area (Å²) in [5.41, 5.74) is 3.36. The normalized spacial score (nSPS) is 21.5. The number of amides is 2. The van der Waals surface area contributed by atoms with Gasteiger partial charge in [0.2, 0.25) is 0 Å². The molecular formula is C17H23N5O2. The molecule has 0 saturated carbocycles. The van der Waals surface area contributed by atoms with Crippen LogP contribution in [0.5, 0.6) is 0 Å². The summed E-state index contributed by atoms with van der Waals surface area (Å²) in [6.07, 6.45) is 6.54. The van der Waals surface area contributed by atoms with Crippen molar-refractivity contribution in [3.05, 3.63) is 35.0 Å². The van der Waals surface area contributed by atoms with E-state index in [9.17, 15) is 4.79 Å². The minimum Gasteiger partial charge on any atom is -0.361 e. The van der Waals surface area contributed by atoms with Crippen molar-refractivity contribution in [2.75, 3.05) is 13.1 Å². The number of aromatic amines is 1. The molecule has 3 heterocycles. The molecule has 1 fully saturated rings. The van der Waals surface area contributed by atoms with Crippen LogP contribution < -0.4 is 5.32 Å². The fourth-order valence-corrected chi connectivity index (χ4v) is 3.74. The summed E-state index contributed by atoms with van der Waals surface area (Å²) in [7, 11) is 0. The molecule has 2 aromatic heterocycles. The van der Waals surface area contributed by atoms with Crippen LogP contribution in [0.15, 0.2) is 16.8 Å². The lowest BCUT2D eigenvalue weighted by atomic mass is 9.93. The van der Waals surface area contributed by atoms with E-state index in [4.69, 9.17) is 4.52 Å². The SMILES string of the molecule is Cc1cc(C2CCN(C(=O)NC3CCc4cn[nH]c4C3)CC2)on1. The first-order chi connectivity index (χ1) is 11.7. The van der Waals surface area contributed by atoms with E-state index in [2.05, 4.69) is 20.7 Å².